The molecule has 2 aromatic rings. The second kappa shape index (κ2) is 4.00. The number of hydrogen-bond donors (Lipinski definition) is 0. The molecular weight excluding hydrogens is 204 g/mol. The van der Waals surface area contributed by atoms with Crippen LogP contribution in [0.3, 0.4) is 0 Å². The van der Waals surface area contributed by atoms with Gasteiger partial charge in [-0.15, -0.1) is 0 Å². The minimum Gasteiger partial charge on any atom is -0.302 e. The van der Waals surface area contributed by atoms with E-state index in [0.29, 0.717) is 6.54 Å². The van der Waals surface area contributed by atoms with Crippen molar-refractivity contribution in [2.24, 2.45) is 7.05 Å². The van der Waals surface area contributed by atoms with Gasteiger partial charge in [-0.3, -0.25) is 9.25 Å². The minimum absolute atomic E-state index is 0.00139. The molecule has 86 valence electrons. The van der Waals surface area contributed by atoms with Crippen LogP contribution in [0.5, 0.6) is 0 Å². The highest BCUT2D eigenvalue weighted by atomic mass is 16.1. The van der Waals surface area contributed by atoms with Crippen LogP contribution in [-0.2, 0) is 20.1 Å². The first-order chi connectivity index (χ1) is 7.61. The molecular formula is C11H16N4O. The van der Waals surface area contributed by atoms with Gasteiger partial charge in [-0.1, -0.05) is 0 Å². The van der Waals surface area contributed by atoms with Gasteiger partial charge in [-0.2, -0.15) is 5.10 Å². The van der Waals surface area contributed by atoms with Crippen LogP contribution in [-0.4, -0.2) is 18.9 Å². The second-order valence-corrected chi connectivity index (χ2v) is 3.91. The molecule has 0 spiro atoms. The molecule has 5 nitrogen and oxygen atoms in total. The zero-order chi connectivity index (χ0) is 11.7. The van der Waals surface area contributed by atoms with E-state index in [9.17, 15) is 4.79 Å². The summed E-state index contributed by atoms with van der Waals surface area (Å²) in [4.78, 5) is 11.7. The molecule has 0 saturated carbocycles. The van der Waals surface area contributed by atoms with Crippen LogP contribution < -0.4 is 5.69 Å². The van der Waals surface area contributed by atoms with Gasteiger partial charge in [0.1, 0.15) is 0 Å². The number of hydrogen-bond acceptors (Lipinski definition) is 2. The molecule has 0 aliphatic carbocycles. The number of aryl methyl sites for hydroxylation is 3. The molecule has 5 heteroatoms. The second-order valence-electron chi connectivity index (χ2n) is 3.91. The average molecular weight is 220 g/mol. The Morgan fingerprint density at radius 1 is 1.38 bits per heavy atom. The van der Waals surface area contributed by atoms with Crippen molar-refractivity contribution in [2.45, 2.75) is 26.9 Å². The van der Waals surface area contributed by atoms with Crippen LogP contribution in [0, 0.1) is 6.92 Å². The molecule has 0 fully saturated rings. The van der Waals surface area contributed by atoms with Crippen molar-refractivity contribution in [3.63, 3.8) is 0 Å². The van der Waals surface area contributed by atoms with Crippen LogP contribution in [0.4, 0.5) is 0 Å². The van der Waals surface area contributed by atoms with Crippen LogP contribution in [0.1, 0.15) is 18.3 Å². The van der Waals surface area contributed by atoms with E-state index in [1.165, 1.54) is 0 Å². The normalized spacial score (nSPS) is 10.9. The quantitative estimate of drug-likeness (QED) is 0.766. The lowest BCUT2D eigenvalue weighted by molar-refractivity contribution is 0.588. The number of nitrogens with zero attached hydrogens (tertiary/aromatic N) is 4. The standard InChI is InChI=1S/C11H16N4O/c1-4-15-10(7-9(2)12-15)8-14-6-5-13(3)11(14)16/h5-7H,4,8H2,1-3H3. The predicted molar refractivity (Wildman–Crippen MR) is 61.4 cm³/mol. The Kier molecular flexibility index (Phi) is 2.68. The maximum absolute atomic E-state index is 11.7. The van der Waals surface area contributed by atoms with Crippen LogP contribution in [0.2, 0.25) is 0 Å². The summed E-state index contributed by atoms with van der Waals surface area (Å²) in [5.74, 6) is 0. The highest BCUT2D eigenvalue weighted by molar-refractivity contribution is 5.09. The zero-order valence-electron chi connectivity index (χ0n) is 9.84. The van der Waals surface area contributed by atoms with E-state index in [2.05, 4.69) is 5.10 Å². The van der Waals surface area contributed by atoms with Crippen LogP contribution in [0.15, 0.2) is 23.3 Å². The largest absolute Gasteiger partial charge is 0.328 e. The van der Waals surface area contributed by atoms with E-state index < -0.39 is 0 Å². The van der Waals surface area contributed by atoms with Crippen molar-refractivity contribution in [1.29, 1.82) is 0 Å². The van der Waals surface area contributed by atoms with E-state index in [4.69, 9.17) is 0 Å². The number of rotatable bonds is 3. The molecule has 0 aromatic carbocycles. The summed E-state index contributed by atoms with van der Waals surface area (Å²) in [7, 11) is 1.75. The third kappa shape index (κ3) is 1.80. The number of aromatic nitrogens is 4. The molecule has 0 amide bonds. The van der Waals surface area contributed by atoms with Crippen molar-refractivity contribution in [3.8, 4) is 0 Å². The SMILES string of the molecule is CCn1nc(C)cc1Cn1ccn(C)c1=O. The van der Waals surface area contributed by atoms with Crippen molar-refractivity contribution >= 4 is 0 Å². The predicted octanol–water partition coefficient (Wildman–Crippen LogP) is 0.760. The Bertz CT molecular complexity index is 547. The molecule has 0 saturated heterocycles. The molecule has 0 aliphatic heterocycles. The Labute approximate surface area is 93.9 Å². The molecule has 2 aromatic heterocycles. The summed E-state index contributed by atoms with van der Waals surface area (Å²) < 4.78 is 5.18. The maximum Gasteiger partial charge on any atom is 0.328 e. The lowest BCUT2D eigenvalue weighted by Gasteiger charge is -2.04. The van der Waals surface area contributed by atoms with Gasteiger partial charge in [0.25, 0.3) is 0 Å². The Hall–Kier alpha value is -1.78. The summed E-state index contributed by atoms with van der Waals surface area (Å²) in [6.07, 6.45) is 3.56. The van der Waals surface area contributed by atoms with Crippen LogP contribution >= 0.6 is 0 Å². The molecule has 0 aliphatic rings. The van der Waals surface area contributed by atoms with Crippen molar-refractivity contribution in [2.75, 3.05) is 0 Å². The van der Waals surface area contributed by atoms with Gasteiger partial charge < -0.3 is 4.57 Å². The lowest BCUT2D eigenvalue weighted by atomic mass is 10.3. The third-order valence-corrected chi connectivity index (χ3v) is 2.64. The zero-order valence-corrected chi connectivity index (χ0v) is 9.84. The van der Waals surface area contributed by atoms with Gasteiger partial charge in [0, 0.05) is 26.0 Å². The van der Waals surface area contributed by atoms with Gasteiger partial charge in [0.15, 0.2) is 0 Å². The fourth-order valence-corrected chi connectivity index (χ4v) is 1.81. The third-order valence-electron chi connectivity index (χ3n) is 2.64. The maximum atomic E-state index is 11.7. The molecule has 16 heavy (non-hydrogen) atoms. The Balaban J connectivity index is 2.33. The van der Waals surface area contributed by atoms with Gasteiger partial charge in [0.05, 0.1) is 17.9 Å². The molecule has 0 N–H and O–H groups in total. The van der Waals surface area contributed by atoms with Crippen molar-refractivity contribution in [3.05, 3.63) is 40.3 Å². The van der Waals surface area contributed by atoms with Crippen molar-refractivity contribution < 1.29 is 0 Å². The molecule has 2 heterocycles. The van der Waals surface area contributed by atoms with Gasteiger partial charge in [-0.25, -0.2) is 4.79 Å². The van der Waals surface area contributed by atoms with Gasteiger partial charge >= 0.3 is 5.69 Å². The summed E-state index contributed by atoms with van der Waals surface area (Å²) in [6.45, 7) is 5.41. The van der Waals surface area contributed by atoms with E-state index in [1.807, 2.05) is 24.6 Å². The average Bonchev–Trinajstić information content (AvgIpc) is 2.76. The summed E-state index contributed by atoms with van der Waals surface area (Å²) in [5.41, 5.74) is 2.05. The Morgan fingerprint density at radius 3 is 2.69 bits per heavy atom. The molecule has 0 bridgehead atoms. The van der Waals surface area contributed by atoms with E-state index >= 15 is 0 Å². The first kappa shape index (κ1) is 10.7. The lowest BCUT2D eigenvalue weighted by Crippen LogP contribution is -2.23. The van der Waals surface area contributed by atoms with Gasteiger partial charge in [0.2, 0.25) is 0 Å². The van der Waals surface area contributed by atoms with Crippen LogP contribution in [0.25, 0.3) is 0 Å². The fourth-order valence-electron chi connectivity index (χ4n) is 1.81. The van der Waals surface area contributed by atoms with Crippen molar-refractivity contribution in [1.82, 2.24) is 18.9 Å². The molecule has 0 unspecified atom stereocenters. The first-order valence-electron chi connectivity index (χ1n) is 5.37. The smallest absolute Gasteiger partial charge is 0.302 e. The highest BCUT2D eigenvalue weighted by Crippen LogP contribution is 2.05. The monoisotopic (exact) mass is 220 g/mol. The first-order valence-corrected chi connectivity index (χ1v) is 5.37. The van der Waals surface area contributed by atoms with E-state index in [0.717, 1.165) is 17.9 Å². The topological polar surface area (TPSA) is 44.8 Å². The number of imidazole rings is 1. The summed E-state index contributed by atoms with van der Waals surface area (Å²) in [6, 6.07) is 2.02. The van der Waals surface area contributed by atoms with E-state index in [1.54, 1.807) is 28.6 Å². The highest BCUT2D eigenvalue weighted by Gasteiger charge is 2.06. The Morgan fingerprint density at radius 2 is 2.12 bits per heavy atom. The van der Waals surface area contributed by atoms with Gasteiger partial charge in [-0.05, 0) is 19.9 Å². The molecule has 2 rings (SSSR count). The minimum atomic E-state index is 0.00139. The fraction of sp³-hybridized carbons (Fsp3) is 0.455. The summed E-state index contributed by atoms with van der Waals surface area (Å²) in [5, 5.41) is 4.36. The molecule has 0 atom stereocenters. The summed E-state index contributed by atoms with van der Waals surface area (Å²) >= 11 is 0. The molecule has 0 radical (unpaired) electrons. The van der Waals surface area contributed by atoms with E-state index in [-0.39, 0.29) is 5.69 Å².